The van der Waals surface area contributed by atoms with Crippen molar-refractivity contribution in [1.82, 2.24) is 14.6 Å². The number of nitrogens with zero attached hydrogens (tertiary/aromatic N) is 2. The molecule has 1 amide bonds. The van der Waals surface area contributed by atoms with E-state index in [1.807, 2.05) is 30.3 Å². The van der Waals surface area contributed by atoms with E-state index in [-0.39, 0.29) is 11.7 Å². The summed E-state index contributed by atoms with van der Waals surface area (Å²) in [6, 6.07) is 11.8. The molecule has 0 unspecified atom stereocenters. The van der Waals surface area contributed by atoms with Gasteiger partial charge in [0.2, 0.25) is 15.9 Å². The van der Waals surface area contributed by atoms with Crippen LogP contribution in [0, 0.1) is 0 Å². The molecule has 1 aliphatic rings. The van der Waals surface area contributed by atoms with Crippen LogP contribution in [0.3, 0.4) is 0 Å². The van der Waals surface area contributed by atoms with E-state index in [4.69, 9.17) is 0 Å². The summed E-state index contributed by atoms with van der Waals surface area (Å²) in [5.74, 6) is 0.0573. The van der Waals surface area contributed by atoms with Gasteiger partial charge >= 0.3 is 0 Å². The van der Waals surface area contributed by atoms with Crippen molar-refractivity contribution < 1.29 is 13.2 Å². The number of nitrogens with one attached hydrogen (secondary N) is 1. The van der Waals surface area contributed by atoms with Gasteiger partial charge in [0.25, 0.3) is 0 Å². The first-order chi connectivity index (χ1) is 14.5. The van der Waals surface area contributed by atoms with Crippen LogP contribution in [-0.2, 0) is 27.8 Å². The Balaban J connectivity index is 1.29. The SMILES string of the molecule is O=C(/C=C/c1cccnc1)NCCCCCCS(=O)(=O)N1CCc2ccccc2C1. The predicted octanol–water partition coefficient (Wildman–Crippen LogP) is 3.16. The number of carbonyl (C=O) groups is 1. The number of fused-ring (bicyclic) bond motifs is 1. The molecule has 0 radical (unpaired) electrons. The summed E-state index contributed by atoms with van der Waals surface area (Å²) in [6.45, 7) is 1.64. The first-order valence-electron chi connectivity index (χ1n) is 10.5. The predicted molar refractivity (Wildman–Crippen MR) is 119 cm³/mol. The van der Waals surface area contributed by atoms with Gasteiger partial charge in [-0.05, 0) is 48.1 Å². The molecule has 3 rings (SSSR count). The molecule has 0 fully saturated rings. The number of amides is 1. The van der Waals surface area contributed by atoms with Gasteiger partial charge in [-0.2, -0.15) is 4.31 Å². The minimum absolute atomic E-state index is 0.133. The van der Waals surface area contributed by atoms with Crippen molar-refractivity contribution in [2.24, 2.45) is 0 Å². The molecule has 0 atom stereocenters. The fourth-order valence-electron chi connectivity index (χ4n) is 3.52. The number of rotatable bonds is 10. The van der Waals surface area contributed by atoms with E-state index >= 15 is 0 Å². The van der Waals surface area contributed by atoms with Gasteiger partial charge in [0.15, 0.2) is 0 Å². The minimum atomic E-state index is -3.22. The Morgan fingerprint density at radius 3 is 2.67 bits per heavy atom. The summed E-state index contributed by atoms with van der Waals surface area (Å²) in [6.07, 6.45) is 10.6. The quantitative estimate of drug-likeness (QED) is 0.467. The highest BCUT2D eigenvalue weighted by Crippen LogP contribution is 2.21. The van der Waals surface area contributed by atoms with Crippen LogP contribution in [0.4, 0.5) is 0 Å². The van der Waals surface area contributed by atoms with E-state index in [9.17, 15) is 13.2 Å². The average Bonchev–Trinajstić information content (AvgIpc) is 2.77. The molecular weight excluding hydrogens is 398 g/mol. The summed E-state index contributed by atoms with van der Waals surface area (Å²) in [5.41, 5.74) is 3.24. The lowest BCUT2D eigenvalue weighted by Gasteiger charge is -2.28. The van der Waals surface area contributed by atoms with Crippen LogP contribution in [-0.4, -0.2) is 42.5 Å². The van der Waals surface area contributed by atoms with Crippen molar-refractivity contribution in [2.45, 2.75) is 38.6 Å². The van der Waals surface area contributed by atoms with E-state index < -0.39 is 10.0 Å². The van der Waals surface area contributed by atoms with E-state index in [1.54, 1.807) is 22.8 Å². The standard InChI is InChI=1S/C23H29N3O3S/c27-23(12-11-20-8-7-14-24-18-20)25-15-5-1-2-6-17-30(28,29)26-16-13-21-9-3-4-10-22(21)19-26/h3-4,7-12,14,18H,1-2,5-6,13,15-17,19H2,(H,25,27)/b12-11+. The normalized spacial score (nSPS) is 14.5. The zero-order chi connectivity index (χ0) is 21.2. The molecule has 0 bridgehead atoms. The van der Waals surface area contributed by atoms with E-state index in [2.05, 4.69) is 16.4 Å². The van der Waals surface area contributed by atoms with Gasteiger partial charge < -0.3 is 5.32 Å². The van der Waals surface area contributed by atoms with Gasteiger partial charge in [0.1, 0.15) is 0 Å². The van der Waals surface area contributed by atoms with Gasteiger partial charge in [-0.15, -0.1) is 0 Å². The van der Waals surface area contributed by atoms with Crippen LogP contribution >= 0.6 is 0 Å². The number of hydrogen-bond donors (Lipinski definition) is 1. The second kappa shape index (κ2) is 11.0. The number of pyridine rings is 1. The number of hydrogen-bond acceptors (Lipinski definition) is 4. The fraction of sp³-hybridized carbons (Fsp3) is 0.391. The lowest BCUT2D eigenvalue weighted by Crippen LogP contribution is -2.37. The molecule has 2 heterocycles. The molecular formula is C23H29N3O3S. The highest BCUT2D eigenvalue weighted by molar-refractivity contribution is 7.89. The Morgan fingerprint density at radius 2 is 1.87 bits per heavy atom. The lowest BCUT2D eigenvalue weighted by molar-refractivity contribution is -0.116. The van der Waals surface area contributed by atoms with Crippen molar-refractivity contribution in [2.75, 3.05) is 18.8 Å². The van der Waals surface area contributed by atoms with E-state index in [0.717, 1.165) is 36.8 Å². The summed E-state index contributed by atoms with van der Waals surface area (Å²) < 4.78 is 26.9. The van der Waals surface area contributed by atoms with E-state index in [0.29, 0.717) is 26.1 Å². The largest absolute Gasteiger partial charge is 0.353 e. The van der Waals surface area contributed by atoms with E-state index in [1.165, 1.54) is 11.6 Å². The van der Waals surface area contributed by atoms with Crippen LogP contribution < -0.4 is 5.32 Å². The molecule has 1 aliphatic heterocycles. The third-order valence-electron chi connectivity index (χ3n) is 5.23. The molecule has 160 valence electrons. The highest BCUT2D eigenvalue weighted by Gasteiger charge is 2.25. The second-order valence-corrected chi connectivity index (χ2v) is 9.58. The van der Waals surface area contributed by atoms with Gasteiger partial charge in [-0.25, -0.2) is 8.42 Å². The molecule has 6 nitrogen and oxygen atoms in total. The van der Waals surface area contributed by atoms with Gasteiger partial charge in [-0.3, -0.25) is 9.78 Å². The van der Waals surface area contributed by atoms with Crippen molar-refractivity contribution in [1.29, 1.82) is 0 Å². The molecule has 7 heteroatoms. The van der Waals surface area contributed by atoms with Crippen LogP contribution in [0.25, 0.3) is 6.08 Å². The topological polar surface area (TPSA) is 79.4 Å². The van der Waals surface area contributed by atoms with Crippen molar-refractivity contribution in [3.63, 3.8) is 0 Å². The number of unbranched alkanes of at least 4 members (excludes halogenated alkanes) is 3. The molecule has 30 heavy (non-hydrogen) atoms. The van der Waals surface area contributed by atoms with Gasteiger partial charge in [0, 0.05) is 38.1 Å². The molecule has 1 N–H and O–H groups in total. The Morgan fingerprint density at radius 1 is 1.07 bits per heavy atom. The summed E-state index contributed by atoms with van der Waals surface area (Å²) in [7, 11) is -3.22. The Labute approximate surface area is 179 Å². The average molecular weight is 428 g/mol. The summed E-state index contributed by atoms with van der Waals surface area (Å²) in [4.78, 5) is 15.8. The fourth-order valence-corrected chi connectivity index (χ4v) is 5.05. The van der Waals surface area contributed by atoms with Gasteiger partial charge in [0.05, 0.1) is 5.75 Å². The Kier molecular flexibility index (Phi) is 8.16. The molecule has 0 saturated heterocycles. The third-order valence-corrected chi connectivity index (χ3v) is 7.13. The number of aromatic nitrogens is 1. The van der Waals surface area contributed by atoms with Crippen molar-refractivity contribution in [3.05, 3.63) is 71.6 Å². The maximum absolute atomic E-state index is 12.6. The summed E-state index contributed by atoms with van der Waals surface area (Å²) in [5, 5.41) is 2.85. The minimum Gasteiger partial charge on any atom is -0.353 e. The number of benzene rings is 1. The lowest BCUT2D eigenvalue weighted by atomic mass is 10.0. The molecule has 0 saturated carbocycles. The number of carbonyl (C=O) groups excluding carboxylic acids is 1. The summed E-state index contributed by atoms with van der Waals surface area (Å²) >= 11 is 0. The van der Waals surface area contributed by atoms with Gasteiger partial charge in [-0.1, -0.05) is 43.2 Å². The third kappa shape index (κ3) is 6.78. The molecule has 1 aromatic carbocycles. The first kappa shape index (κ1) is 22.2. The smallest absolute Gasteiger partial charge is 0.243 e. The van der Waals surface area contributed by atoms with Crippen LogP contribution in [0.5, 0.6) is 0 Å². The Hall–Kier alpha value is -2.51. The van der Waals surface area contributed by atoms with Crippen LogP contribution in [0.1, 0.15) is 42.4 Å². The molecule has 0 aliphatic carbocycles. The Bertz CT molecular complexity index is 959. The monoisotopic (exact) mass is 427 g/mol. The maximum atomic E-state index is 12.6. The molecule has 0 spiro atoms. The molecule has 1 aromatic heterocycles. The molecule has 2 aromatic rings. The van der Waals surface area contributed by atoms with Crippen LogP contribution in [0.2, 0.25) is 0 Å². The second-order valence-electron chi connectivity index (χ2n) is 7.49. The zero-order valence-electron chi connectivity index (χ0n) is 17.2. The maximum Gasteiger partial charge on any atom is 0.243 e. The van der Waals surface area contributed by atoms with Crippen molar-refractivity contribution in [3.8, 4) is 0 Å². The number of sulfonamides is 1. The highest BCUT2D eigenvalue weighted by atomic mass is 32.2. The zero-order valence-corrected chi connectivity index (χ0v) is 18.0. The van der Waals surface area contributed by atoms with Crippen LogP contribution in [0.15, 0.2) is 54.9 Å². The van der Waals surface area contributed by atoms with Crippen molar-refractivity contribution >= 4 is 22.0 Å². The first-order valence-corrected chi connectivity index (χ1v) is 12.1.